The monoisotopic (exact) mass is 345 g/mol. The number of ether oxygens (including phenoxy) is 1. The Balaban J connectivity index is 2.21. The van der Waals surface area contributed by atoms with Crippen LogP contribution in [0.3, 0.4) is 0 Å². The minimum absolute atomic E-state index is 0.0232. The van der Waals surface area contributed by atoms with Crippen LogP contribution in [0.4, 0.5) is 5.69 Å². The molecule has 5 nitrogen and oxygen atoms in total. The lowest BCUT2D eigenvalue weighted by molar-refractivity contribution is -0.112. The molecular weight excluding hydrogens is 330 g/mol. The maximum absolute atomic E-state index is 12.3. The maximum atomic E-state index is 12.3. The van der Waals surface area contributed by atoms with E-state index in [4.69, 9.17) is 16.3 Å². The summed E-state index contributed by atoms with van der Waals surface area (Å²) in [6.07, 6.45) is 1.69. The molecular formula is C18H16ClNO4. The Labute approximate surface area is 144 Å². The molecule has 2 rings (SSSR count). The highest BCUT2D eigenvalue weighted by Crippen LogP contribution is 2.22. The summed E-state index contributed by atoms with van der Waals surface area (Å²) in [7, 11) is 1.58. The number of carboxylic acid groups (broad SMARTS) is 1. The molecule has 0 bridgehead atoms. The highest BCUT2D eigenvalue weighted by molar-refractivity contribution is 6.31. The van der Waals surface area contributed by atoms with Crippen LogP contribution in [0.5, 0.6) is 5.75 Å². The average molecular weight is 346 g/mol. The van der Waals surface area contributed by atoms with Crippen LogP contribution in [0, 0.1) is 0 Å². The number of carbonyl (C=O) groups excluding carboxylic acids is 1. The normalized spacial score (nSPS) is 11.0. The summed E-state index contributed by atoms with van der Waals surface area (Å²) in [4.78, 5) is 23.5. The smallest absolute Gasteiger partial charge is 0.337 e. The van der Waals surface area contributed by atoms with E-state index in [1.807, 2.05) is 12.1 Å². The van der Waals surface area contributed by atoms with Crippen LogP contribution in [0.25, 0.3) is 6.08 Å². The number of carbonyl (C=O) groups is 2. The molecule has 6 heteroatoms. The Morgan fingerprint density at radius 3 is 2.42 bits per heavy atom. The molecule has 0 spiro atoms. The van der Waals surface area contributed by atoms with Gasteiger partial charge >= 0.3 is 5.97 Å². The van der Waals surface area contributed by atoms with Gasteiger partial charge in [-0.2, -0.15) is 0 Å². The summed E-state index contributed by atoms with van der Waals surface area (Å²) < 4.78 is 5.08. The van der Waals surface area contributed by atoms with Gasteiger partial charge in [-0.15, -0.1) is 0 Å². The van der Waals surface area contributed by atoms with Crippen molar-refractivity contribution in [1.29, 1.82) is 0 Å². The highest BCUT2D eigenvalue weighted by atomic mass is 35.5. The number of nitrogens with one attached hydrogen (secondary N) is 1. The quantitative estimate of drug-likeness (QED) is 0.800. The fraction of sp³-hybridized carbons (Fsp3) is 0.111. The first-order chi connectivity index (χ1) is 11.4. The predicted octanol–water partition coefficient (Wildman–Crippen LogP) is 4.09. The molecule has 0 atom stereocenters. The van der Waals surface area contributed by atoms with E-state index in [1.54, 1.807) is 32.2 Å². The van der Waals surface area contributed by atoms with Crippen LogP contribution in [-0.2, 0) is 4.79 Å². The van der Waals surface area contributed by atoms with Gasteiger partial charge in [-0.1, -0.05) is 23.7 Å². The lowest BCUT2D eigenvalue weighted by Gasteiger charge is -2.09. The summed E-state index contributed by atoms with van der Waals surface area (Å²) in [5, 5.41) is 12.1. The number of benzene rings is 2. The number of hydrogen-bond donors (Lipinski definition) is 2. The van der Waals surface area contributed by atoms with E-state index in [2.05, 4.69) is 5.32 Å². The van der Waals surface area contributed by atoms with Crippen molar-refractivity contribution in [2.24, 2.45) is 0 Å². The van der Waals surface area contributed by atoms with Gasteiger partial charge in [0.15, 0.2) is 0 Å². The van der Waals surface area contributed by atoms with E-state index in [1.165, 1.54) is 18.2 Å². The third-order valence-electron chi connectivity index (χ3n) is 3.32. The minimum Gasteiger partial charge on any atom is -0.497 e. The maximum Gasteiger partial charge on any atom is 0.337 e. The molecule has 0 aliphatic heterocycles. The highest BCUT2D eigenvalue weighted by Gasteiger charge is 2.14. The van der Waals surface area contributed by atoms with Gasteiger partial charge in [0.05, 0.1) is 18.4 Å². The molecule has 0 aliphatic carbocycles. The van der Waals surface area contributed by atoms with Crippen LogP contribution in [-0.4, -0.2) is 24.1 Å². The lowest BCUT2D eigenvalue weighted by atomic mass is 10.1. The second-order valence-corrected chi connectivity index (χ2v) is 5.49. The molecule has 0 saturated heterocycles. The molecule has 1 amide bonds. The SMILES string of the molecule is COc1ccc(C=C(C)C(=O)Nc2cc(Cl)ccc2C(=O)O)cc1. The van der Waals surface area contributed by atoms with Crippen molar-refractivity contribution in [3.05, 3.63) is 64.2 Å². The topological polar surface area (TPSA) is 75.6 Å². The first kappa shape index (κ1) is 17.6. The van der Waals surface area contributed by atoms with Crippen molar-refractivity contribution in [3.63, 3.8) is 0 Å². The number of carboxylic acids is 1. The van der Waals surface area contributed by atoms with Gasteiger partial charge in [-0.05, 0) is 48.9 Å². The van der Waals surface area contributed by atoms with Crippen molar-refractivity contribution < 1.29 is 19.4 Å². The van der Waals surface area contributed by atoms with Crippen LogP contribution in [0.15, 0.2) is 48.0 Å². The zero-order valence-corrected chi connectivity index (χ0v) is 13.9. The van der Waals surface area contributed by atoms with Gasteiger partial charge in [0.2, 0.25) is 0 Å². The number of aromatic carboxylic acids is 1. The number of anilines is 1. The molecule has 0 aliphatic rings. The summed E-state index contributed by atoms with van der Waals surface area (Å²) >= 11 is 5.87. The number of methoxy groups -OCH3 is 1. The van der Waals surface area contributed by atoms with E-state index in [-0.39, 0.29) is 11.3 Å². The van der Waals surface area contributed by atoms with Crippen LogP contribution in [0.1, 0.15) is 22.8 Å². The Hall–Kier alpha value is -2.79. The molecule has 0 unspecified atom stereocenters. The van der Waals surface area contributed by atoms with Gasteiger partial charge in [0.25, 0.3) is 5.91 Å². The zero-order chi connectivity index (χ0) is 17.7. The molecule has 0 aromatic heterocycles. The van der Waals surface area contributed by atoms with Gasteiger partial charge in [0.1, 0.15) is 5.75 Å². The number of halogens is 1. The molecule has 2 aromatic carbocycles. The first-order valence-corrected chi connectivity index (χ1v) is 7.45. The van der Waals surface area contributed by atoms with E-state index >= 15 is 0 Å². The fourth-order valence-corrected chi connectivity index (χ4v) is 2.22. The van der Waals surface area contributed by atoms with Crippen molar-refractivity contribution in [1.82, 2.24) is 0 Å². The summed E-state index contributed by atoms with van der Waals surface area (Å²) in [6.45, 7) is 1.64. The molecule has 24 heavy (non-hydrogen) atoms. The predicted molar refractivity (Wildman–Crippen MR) is 93.7 cm³/mol. The Morgan fingerprint density at radius 1 is 1.17 bits per heavy atom. The Morgan fingerprint density at radius 2 is 1.83 bits per heavy atom. The standard InChI is InChI=1S/C18H16ClNO4/c1-11(9-12-3-6-14(24-2)7-4-12)17(21)20-16-10-13(19)5-8-15(16)18(22)23/h3-10H,1-2H3,(H,20,21)(H,22,23). The van der Waals surface area contributed by atoms with Gasteiger partial charge in [-0.3, -0.25) is 4.79 Å². The van der Waals surface area contributed by atoms with Crippen LogP contribution >= 0.6 is 11.6 Å². The second-order valence-electron chi connectivity index (χ2n) is 5.05. The molecule has 0 radical (unpaired) electrons. The summed E-state index contributed by atoms with van der Waals surface area (Å²) in [6, 6.07) is 11.4. The molecule has 0 fully saturated rings. The largest absolute Gasteiger partial charge is 0.497 e. The second kappa shape index (κ2) is 7.66. The molecule has 2 aromatic rings. The third-order valence-corrected chi connectivity index (χ3v) is 3.55. The van der Waals surface area contributed by atoms with Gasteiger partial charge < -0.3 is 15.2 Å². The zero-order valence-electron chi connectivity index (χ0n) is 13.2. The van der Waals surface area contributed by atoms with Crippen LogP contribution < -0.4 is 10.1 Å². The number of rotatable bonds is 5. The van der Waals surface area contributed by atoms with E-state index < -0.39 is 11.9 Å². The summed E-state index contributed by atoms with van der Waals surface area (Å²) in [5.41, 5.74) is 1.39. The Kier molecular flexibility index (Phi) is 5.60. The lowest BCUT2D eigenvalue weighted by Crippen LogP contribution is -2.15. The fourth-order valence-electron chi connectivity index (χ4n) is 2.04. The minimum atomic E-state index is -1.14. The van der Waals surface area contributed by atoms with E-state index in [9.17, 15) is 14.7 Å². The molecule has 0 saturated carbocycles. The van der Waals surface area contributed by atoms with Crippen molar-refractivity contribution in [3.8, 4) is 5.75 Å². The van der Waals surface area contributed by atoms with E-state index in [0.29, 0.717) is 10.6 Å². The third kappa shape index (κ3) is 4.36. The number of amides is 1. The van der Waals surface area contributed by atoms with Crippen LogP contribution in [0.2, 0.25) is 5.02 Å². The Bertz CT molecular complexity index is 797. The van der Waals surface area contributed by atoms with Gasteiger partial charge in [-0.25, -0.2) is 4.79 Å². The average Bonchev–Trinajstić information content (AvgIpc) is 2.55. The molecule has 2 N–H and O–H groups in total. The van der Waals surface area contributed by atoms with Gasteiger partial charge in [0, 0.05) is 10.6 Å². The van der Waals surface area contributed by atoms with Crippen molar-refractivity contribution in [2.75, 3.05) is 12.4 Å². The summed E-state index contributed by atoms with van der Waals surface area (Å²) in [5.74, 6) is -0.825. The van der Waals surface area contributed by atoms with E-state index in [0.717, 1.165) is 11.3 Å². The number of hydrogen-bond acceptors (Lipinski definition) is 3. The molecule has 0 heterocycles. The van der Waals surface area contributed by atoms with Crippen molar-refractivity contribution in [2.45, 2.75) is 6.92 Å². The van der Waals surface area contributed by atoms with Crippen molar-refractivity contribution >= 4 is 35.2 Å². The molecule has 124 valence electrons. The first-order valence-electron chi connectivity index (χ1n) is 7.07.